The van der Waals surface area contributed by atoms with E-state index in [0.717, 1.165) is 9.87 Å². The average Bonchev–Trinajstić information content (AvgIpc) is 3.01. The Morgan fingerprint density at radius 3 is 2.67 bits per heavy atom. The summed E-state index contributed by atoms with van der Waals surface area (Å²) < 4.78 is 25.6. The van der Waals surface area contributed by atoms with E-state index < -0.39 is 15.3 Å². The van der Waals surface area contributed by atoms with Gasteiger partial charge in [-0.2, -0.15) is 5.10 Å². The van der Waals surface area contributed by atoms with Crippen LogP contribution in [0.3, 0.4) is 0 Å². The molecule has 0 bridgehead atoms. The lowest BCUT2D eigenvalue weighted by Gasteiger charge is -2.15. The van der Waals surface area contributed by atoms with Gasteiger partial charge in [0, 0.05) is 19.8 Å². The van der Waals surface area contributed by atoms with Gasteiger partial charge in [-0.25, -0.2) is 17.7 Å². The van der Waals surface area contributed by atoms with Crippen molar-refractivity contribution in [1.82, 2.24) is 19.5 Å². The first kappa shape index (κ1) is 18.4. The number of thioether (sulfide) groups is 1. The molecule has 130 valence electrons. The second kappa shape index (κ2) is 7.32. The molecule has 1 unspecified atom stereocenters. The Labute approximate surface area is 145 Å². The zero-order valence-electron chi connectivity index (χ0n) is 13.8. The monoisotopic (exact) mass is 369 g/mol. The first-order valence-electron chi connectivity index (χ1n) is 7.08. The Balaban J connectivity index is 2.18. The summed E-state index contributed by atoms with van der Waals surface area (Å²) in [5.41, 5.74) is 1.24. The molecule has 2 N–H and O–H groups in total. The molecule has 2 rings (SSSR count). The summed E-state index contributed by atoms with van der Waals surface area (Å²) in [4.78, 5) is 16.4. The summed E-state index contributed by atoms with van der Waals surface area (Å²) in [5.74, 6) is -0.251. The molecule has 0 radical (unpaired) electrons. The Hall–Kier alpha value is -1.91. The summed E-state index contributed by atoms with van der Waals surface area (Å²) in [6.45, 7) is 3.54. The van der Waals surface area contributed by atoms with Gasteiger partial charge in [0.2, 0.25) is 15.9 Å². The van der Waals surface area contributed by atoms with Crippen molar-refractivity contribution >= 4 is 33.4 Å². The third-order valence-electron chi connectivity index (χ3n) is 3.30. The lowest BCUT2D eigenvalue weighted by Crippen LogP contribution is -2.24. The van der Waals surface area contributed by atoms with Gasteiger partial charge in [0.15, 0.2) is 5.16 Å². The second-order valence-electron chi connectivity index (χ2n) is 5.30. The molecule has 2 aromatic rings. The number of aryl methyl sites for hydroxylation is 1. The van der Waals surface area contributed by atoms with Crippen LogP contribution in [0.15, 0.2) is 34.6 Å². The van der Waals surface area contributed by atoms with Gasteiger partial charge in [0.05, 0.1) is 10.1 Å². The van der Waals surface area contributed by atoms with Crippen LogP contribution in [0.1, 0.15) is 12.5 Å². The number of anilines is 1. The molecule has 0 fully saturated rings. The number of nitrogens with one attached hydrogen (secondary N) is 2. The van der Waals surface area contributed by atoms with Crippen molar-refractivity contribution in [3.63, 3.8) is 0 Å². The lowest BCUT2D eigenvalue weighted by atomic mass is 10.2. The fourth-order valence-corrected chi connectivity index (χ4v) is 3.46. The van der Waals surface area contributed by atoms with Crippen molar-refractivity contribution in [2.45, 2.75) is 29.1 Å². The Morgan fingerprint density at radius 2 is 2.08 bits per heavy atom. The van der Waals surface area contributed by atoms with Gasteiger partial charge in [-0.15, -0.1) is 0 Å². The van der Waals surface area contributed by atoms with Gasteiger partial charge in [-0.3, -0.25) is 9.89 Å². The molecule has 8 nitrogen and oxygen atoms in total. The van der Waals surface area contributed by atoms with Crippen molar-refractivity contribution in [3.8, 4) is 0 Å². The van der Waals surface area contributed by atoms with E-state index in [2.05, 4.69) is 20.5 Å². The molecule has 0 saturated carbocycles. The van der Waals surface area contributed by atoms with E-state index in [9.17, 15) is 13.2 Å². The normalized spacial score (nSPS) is 13.0. The molecular formula is C14H19N5O3S2. The minimum Gasteiger partial charge on any atom is -0.325 e. The van der Waals surface area contributed by atoms with Crippen molar-refractivity contribution in [1.29, 1.82) is 0 Å². The highest BCUT2D eigenvalue weighted by atomic mass is 32.2. The van der Waals surface area contributed by atoms with Crippen molar-refractivity contribution in [2.75, 3.05) is 19.4 Å². The molecule has 1 amide bonds. The zero-order valence-corrected chi connectivity index (χ0v) is 15.4. The van der Waals surface area contributed by atoms with Crippen LogP contribution in [0, 0.1) is 6.92 Å². The summed E-state index contributed by atoms with van der Waals surface area (Å²) in [6, 6.07) is 4.65. The number of hydrogen-bond acceptors (Lipinski definition) is 6. The van der Waals surface area contributed by atoms with Crippen molar-refractivity contribution in [3.05, 3.63) is 30.1 Å². The number of carbonyl (C=O) groups excluding carboxylic acids is 1. The molecule has 0 aliphatic carbocycles. The van der Waals surface area contributed by atoms with E-state index in [1.165, 1.54) is 44.3 Å². The zero-order chi connectivity index (χ0) is 17.9. The smallest absolute Gasteiger partial charge is 0.242 e. The van der Waals surface area contributed by atoms with Gasteiger partial charge in [0.1, 0.15) is 6.33 Å². The number of hydrogen-bond donors (Lipinski definition) is 2. The maximum Gasteiger partial charge on any atom is 0.242 e. The van der Waals surface area contributed by atoms with E-state index in [1.54, 1.807) is 19.9 Å². The van der Waals surface area contributed by atoms with Gasteiger partial charge >= 0.3 is 0 Å². The summed E-state index contributed by atoms with van der Waals surface area (Å²) in [7, 11) is -0.636. The van der Waals surface area contributed by atoms with E-state index in [-0.39, 0.29) is 10.8 Å². The SMILES string of the molecule is Cc1ccc(S(=O)(=O)N(C)C)cc1NC(=O)C(C)Sc1ncn[nH]1. The van der Waals surface area contributed by atoms with Crippen molar-refractivity contribution in [2.24, 2.45) is 0 Å². The Kier molecular flexibility index (Phi) is 5.62. The number of carbonyl (C=O) groups is 1. The predicted molar refractivity (Wildman–Crippen MR) is 92.4 cm³/mol. The number of amides is 1. The fourth-order valence-electron chi connectivity index (χ4n) is 1.81. The van der Waals surface area contributed by atoms with Crippen LogP contribution in [0.25, 0.3) is 0 Å². The minimum absolute atomic E-state index is 0.129. The van der Waals surface area contributed by atoms with Gasteiger partial charge < -0.3 is 5.32 Å². The van der Waals surface area contributed by atoms with E-state index >= 15 is 0 Å². The van der Waals surface area contributed by atoms with Gasteiger partial charge in [-0.05, 0) is 31.5 Å². The molecule has 0 spiro atoms. The number of sulfonamides is 1. The maximum atomic E-state index is 12.3. The van der Waals surface area contributed by atoms with Crippen LogP contribution in [0.4, 0.5) is 5.69 Å². The highest BCUT2D eigenvalue weighted by molar-refractivity contribution is 8.00. The third-order valence-corrected chi connectivity index (χ3v) is 6.09. The first-order valence-corrected chi connectivity index (χ1v) is 9.40. The quantitative estimate of drug-likeness (QED) is 0.747. The first-order chi connectivity index (χ1) is 11.2. The molecule has 1 heterocycles. The van der Waals surface area contributed by atoms with Crippen LogP contribution in [0.5, 0.6) is 0 Å². The summed E-state index contributed by atoms with van der Waals surface area (Å²) in [5, 5.41) is 9.29. The Morgan fingerprint density at radius 1 is 1.38 bits per heavy atom. The molecule has 24 heavy (non-hydrogen) atoms. The number of benzene rings is 1. The molecule has 10 heteroatoms. The standard InChI is InChI=1S/C14H19N5O3S2/c1-9-5-6-11(24(21,22)19(3)4)7-12(9)17-13(20)10(2)23-14-15-8-16-18-14/h5-8,10H,1-4H3,(H,17,20)(H,15,16,18). The van der Waals surface area contributed by atoms with Crippen LogP contribution >= 0.6 is 11.8 Å². The van der Waals surface area contributed by atoms with Crippen LogP contribution in [0.2, 0.25) is 0 Å². The minimum atomic E-state index is -3.56. The largest absolute Gasteiger partial charge is 0.325 e. The molecule has 1 aromatic carbocycles. The number of rotatable bonds is 6. The van der Waals surface area contributed by atoms with Crippen LogP contribution in [-0.2, 0) is 14.8 Å². The fraction of sp³-hybridized carbons (Fsp3) is 0.357. The summed E-state index contributed by atoms with van der Waals surface area (Å²) >= 11 is 1.23. The number of H-pyrrole nitrogens is 1. The molecular weight excluding hydrogens is 350 g/mol. The van der Waals surface area contributed by atoms with E-state index in [1.807, 2.05) is 0 Å². The highest BCUT2D eigenvalue weighted by Crippen LogP contribution is 2.24. The molecule has 0 saturated heterocycles. The third kappa shape index (κ3) is 4.13. The average molecular weight is 369 g/mol. The van der Waals surface area contributed by atoms with Gasteiger partial charge in [-0.1, -0.05) is 17.8 Å². The number of nitrogens with zero attached hydrogens (tertiary/aromatic N) is 3. The molecule has 1 aromatic heterocycles. The lowest BCUT2D eigenvalue weighted by molar-refractivity contribution is -0.115. The van der Waals surface area contributed by atoms with Crippen molar-refractivity contribution < 1.29 is 13.2 Å². The molecule has 0 aliphatic heterocycles. The van der Waals surface area contributed by atoms with Gasteiger partial charge in [0.25, 0.3) is 0 Å². The topological polar surface area (TPSA) is 108 Å². The highest BCUT2D eigenvalue weighted by Gasteiger charge is 2.20. The Bertz CT molecular complexity index is 819. The second-order valence-corrected chi connectivity index (χ2v) is 8.79. The van der Waals surface area contributed by atoms with E-state index in [0.29, 0.717) is 10.8 Å². The maximum absolute atomic E-state index is 12.3. The number of aromatic amines is 1. The van der Waals surface area contributed by atoms with Crippen LogP contribution in [-0.4, -0.2) is 53.2 Å². The number of aromatic nitrogens is 3. The summed E-state index contributed by atoms with van der Waals surface area (Å²) in [6.07, 6.45) is 1.37. The van der Waals surface area contributed by atoms with E-state index in [4.69, 9.17) is 0 Å². The molecule has 0 aliphatic rings. The molecule has 1 atom stereocenters. The predicted octanol–water partition coefficient (Wildman–Crippen LogP) is 1.48. The van der Waals surface area contributed by atoms with Crippen LogP contribution < -0.4 is 5.32 Å².